The SMILES string of the molecule is C.C.C.C.C.C.C.[11CH3]I.[11CH3]I.[11CH3]I.[11CH3]I.[11CH3]I.[11CH3]NCCN=[N+]=[N-].[11CH3]OCCN=[N+]=[N-].[11CH3]SCCN=[N+]=[N-].[11CH4].[N-]=[N+]=N.[N-]=[N+]=NCCN.[N-]=[N+]=NCCO.[N-]=[N+]=NCCS.[N-]=[N+]=[N-].[Na+]. The van der Waals surface area contributed by atoms with Crippen molar-refractivity contribution in [2.45, 2.75) is 59.4 Å². The standard InChI is InChI=1S/C3H8N4.C3H7N3O.C3H7N3S.C2H6N4.C2H5N3O.C2H5N3S.5CH3I.8CH4.HN3.N3.Na/c1-5-2-3-6-7-4;2*1-7-3-2-5-6-4;3-1-2-5-6-4;2*3-5-4-1-2-6;5*1-2;;;;;;;;;2*1-3-2;/h5H,2-3H2,1H3;2*2-3H2,1H3;1-3H2;2*6H,1-2H2;5*1H3;8*1H4;1H;;/q;;;;;;;;;;;;;;;;;;;;-1;+1/i3*1-1;;;;6*1-1;;;;;;;;;;. The normalized spacial score (nSPS) is 5.12. The molecule has 36 heteroatoms. The summed E-state index contributed by atoms with van der Waals surface area (Å²) in [6.07, 6.45) is 1.98. The number of methoxy groups -OCH3 is 1. The summed E-state index contributed by atoms with van der Waals surface area (Å²) in [5, 5.41) is 29.9. The zero-order chi connectivity index (χ0) is 46.5. The third-order valence-electron chi connectivity index (χ3n) is 2.26. The van der Waals surface area contributed by atoms with Crippen molar-refractivity contribution in [2.24, 2.45) is 36.4 Å². The van der Waals surface area contributed by atoms with Gasteiger partial charge < -0.3 is 32.0 Å². The molecule has 0 heterocycles. The van der Waals surface area contributed by atoms with Gasteiger partial charge in [-0.25, -0.2) is 0 Å². The maximum atomic E-state index is 7.93. The van der Waals surface area contributed by atoms with Gasteiger partial charge in [-0.15, -0.1) is 5.53 Å². The Labute approximate surface area is 488 Å². The van der Waals surface area contributed by atoms with E-state index in [-0.39, 0.29) is 102 Å². The van der Waals surface area contributed by atoms with Gasteiger partial charge in [0.1, 0.15) is 0 Å². The number of alkyl halides is 5. The second kappa shape index (κ2) is 290. The molecule has 0 radical (unpaired) electrons. The fourth-order valence-corrected chi connectivity index (χ4v) is 1.20. The van der Waals surface area contributed by atoms with Crippen molar-refractivity contribution < 1.29 is 39.4 Å². The summed E-state index contributed by atoms with van der Waals surface area (Å²) in [5.74, 6) is 1.55. The fourth-order valence-electron chi connectivity index (χ4n) is 0.842. The van der Waals surface area contributed by atoms with E-state index in [9.17, 15) is 0 Å². The first kappa shape index (κ1) is 144. The molecule has 0 aromatic carbocycles. The number of aliphatic hydroxyl groups is 1. The van der Waals surface area contributed by atoms with Crippen LogP contribution in [0, 0.1) is 5.53 Å². The van der Waals surface area contributed by atoms with Crippen LogP contribution in [0.15, 0.2) is 30.7 Å². The number of aliphatic hydroxyl groups excluding tert-OH is 1. The van der Waals surface area contributed by atoms with Crippen LogP contribution in [0.3, 0.4) is 0 Å². The molecule has 0 fully saturated rings. The van der Waals surface area contributed by atoms with Crippen LogP contribution in [0.1, 0.15) is 59.4 Å². The van der Waals surface area contributed by atoms with Crippen LogP contribution >= 0.6 is 137 Å². The molecule has 0 aromatic rings. The van der Waals surface area contributed by atoms with E-state index in [0.717, 1.165) is 12.3 Å². The van der Waals surface area contributed by atoms with E-state index in [0.29, 0.717) is 51.6 Å². The number of thiol groups is 1. The molecule has 64 heavy (non-hydrogen) atoms. The summed E-state index contributed by atoms with van der Waals surface area (Å²) in [6.45, 7) is 4.26. The molecular formula is C28H86I5N26NaO2S2. The average molecular weight is 1530 g/mol. The molecule has 0 aliphatic carbocycles. The Hall–Kier alpha value is -0.330. The van der Waals surface area contributed by atoms with Crippen LogP contribution in [-0.2, 0) is 4.74 Å². The predicted octanol–water partition coefficient (Wildman–Crippen LogP) is 14.0. The number of ether oxygens (including phenoxy) is 1. The smallest absolute Gasteiger partial charge is 0.396 e. The van der Waals surface area contributed by atoms with E-state index in [1.807, 2.05) is 38.0 Å². The van der Waals surface area contributed by atoms with Gasteiger partial charge in [-0.1, -0.05) is 203 Å². The molecule has 5 N–H and O–H groups in total. The zero-order valence-electron chi connectivity index (χ0n) is 32.9. The van der Waals surface area contributed by atoms with Gasteiger partial charge in [-0.05, 0) is 99.6 Å². The molecule has 0 saturated heterocycles. The van der Waals surface area contributed by atoms with Crippen molar-refractivity contribution >= 4 is 137 Å². The van der Waals surface area contributed by atoms with Crippen LogP contribution < -0.4 is 40.6 Å². The van der Waals surface area contributed by atoms with Crippen molar-refractivity contribution in [3.63, 3.8) is 0 Å². The van der Waals surface area contributed by atoms with Crippen LogP contribution in [0.25, 0.3) is 89.1 Å². The number of rotatable bonds is 15. The van der Waals surface area contributed by atoms with Crippen LogP contribution in [-0.4, -0.2) is 127 Å². The number of hydrogen-bond acceptors (Lipinski definition) is 13. The van der Waals surface area contributed by atoms with Gasteiger partial charge in [0, 0.05) is 89.0 Å². The maximum absolute atomic E-state index is 7.93. The maximum Gasteiger partial charge on any atom is 1.00 e. The molecule has 0 aromatic heterocycles. The first-order chi connectivity index (χ1) is 26.8. The summed E-state index contributed by atoms with van der Waals surface area (Å²) in [4.78, 5) is 28.1. The Morgan fingerprint density at radius 1 is 0.594 bits per heavy atom. The monoisotopic (exact) mass is 1530 g/mol. The van der Waals surface area contributed by atoms with E-state index in [1.54, 1.807) is 23.8 Å². The van der Waals surface area contributed by atoms with E-state index < -0.39 is 0 Å². The van der Waals surface area contributed by atoms with Gasteiger partial charge in [0.15, 0.2) is 0 Å². The summed E-state index contributed by atoms with van der Waals surface area (Å²) in [5.41, 5.74) is 76.6. The predicted molar refractivity (Wildman–Crippen MR) is 331 cm³/mol. The van der Waals surface area contributed by atoms with Gasteiger partial charge >= 0.3 is 29.6 Å². The number of nitrogens with two attached hydrogens (primary N) is 1. The summed E-state index contributed by atoms with van der Waals surface area (Å²) in [7, 11) is 3.37. The average Bonchev–Trinajstić information content (AvgIpc) is 3.24. The third-order valence-corrected chi connectivity index (χ3v) is 3.05. The Morgan fingerprint density at radius 3 is 1.05 bits per heavy atom. The molecule has 0 spiro atoms. The van der Waals surface area contributed by atoms with E-state index >= 15 is 0 Å². The number of thioether (sulfide) groups is 1. The van der Waals surface area contributed by atoms with Crippen molar-refractivity contribution in [3.05, 3.63) is 89.1 Å². The van der Waals surface area contributed by atoms with Crippen molar-refractivity contribution in [2.75, 3.05) is 122 Å². The Morgan fingerprint density at radius 2 is 0.859 bits per heavy atom. The first-order valence-corrected chi connectivity index (χ1v) is 26.1. The molecule has 0 rings (SSSR count). The molecule has 0 bridgehead atoms. The fraction of sp³-hybridized carbons (Fsp3) is 1.00. The molecule has 28 nitrogen and oxygen atoms in total. The van der Waals surface area contributed by atoms with Gasteiger partial charge in [0.25, 0.3) is 0 Å². The molecule has 0 aliphatic rings. The number of hydrogen-bond donors (Lipinski definition) is 5. The third kappa shape index (κ3) is 531. The minimum Gasteiger partial charge on any atom is -0.396 e. The molecule has 0 saturated carbocycles. The topological polar surface area (TPSA) is 479 Å². The molecule has 388 valence electrons. The van der Waals surface area contributed by atoms with Crippen LogP contribution in [0.2, 0.25) is 0 Å². The second-order valence-electron chi connectivity index (χ2n) is 5.24. The molecule has 0 amide bonds. The number of likely N-dealkylation sites (N-methyl/N-ethyl adjacent to an activating group) is 1. The van der Waals surface area contributed by atoms with Crippen molar-refractivity contribution in [3.8, 4) is 0 Å². The Kier molecular flexibility index (Phi) is 652. The first-order valence-electron chi connectivity index (χ1n) is 13.3. The zero-order valence-corrected chi connectivity index (χ0v) is 47.4. The molecule has 0 atom stereocenters. The van der Waals surface area contributed by atoms with Gasteiger partial charge in [-0.3, -0.25) is 4.91 Å². The van der Waals surface area contributed by atoms with Crippen molar-refractivity contribution in [1.29, 1.82) is 5.53 Å². The quantitative estimate of drug-likeness (QED) is 0.0156. The van der Waals surface area contributed by atoms with E-state index in [1.165, 1.54) is 4.91 Å². The summed E-state index contributed by atoms with van der Waals surface area (Å²) in [6, 6.07) is 0. The number of nitrogens with zero attached hydrogens (tertiary/aromatic N) is 23. The van der Waals surface area contributed by atoms with Crippen LogP contribution in [0.5, 0.6) is 0 Å². The van der Waals surface area contributed by atoms with Gasteiger partial charge in [-0.2, -0.15) is 24.4 Å². The van der Waals surface area contributed by atoms with Crippen molar-refractivity contribution in [1.82, 2.24) is 5.32 Å². The molecular weight excluding hydrogens is 1450 g/mol. The van der Waals surface area contributed by atoms with E-state index in [4.69, 9.17) is 66.2 Å². The number of nitrogens with one attached hydrogen (secondary N) is 2. The van der Waals surface area contributed by atoms with Gasteiger partial charge in [0.2, 0.25) is 0 Å². The number of halogens is 5. The molecule has 0 aliphatic heterocycles. The minimum absolute atomic E-state index is 0. The minimum atomic E-state index is -0.0654. The second-order valence-corrected chi connectivity index (χ2v) is 6.67. The van der Waals surface area contributed by atoms with E-state index in [2.05, 4.69) is 196 Å². The Bertz CT molecular complexity index is 854. The van der Waals surface area contributed by atoms with Crippen LogP contribution in [0.4, 0.5) is 0 Å². The summed E-state index contributed by atoms with van der Waals surface area (Å²) >= 11 is 16.2. The Balaban J connectivity index is -0.0000000151. The number of azide groups is 6. The molecule has 0 unspecified atom stereocenters. The van der Waals surface area contributed by atoms with Gasteiger partial charge in [0.05, 0.1) is 6.61 Å². The summed E-state index contributed by atoms with van der Waals surface area (Å²) < 4.78 is 4.58. The largest absolute Gasteiger partial charge is 1.00 e.